The molecule has 35 heavy (non-hydrogen) atoms. The number of nitriles is 1. The first-order valence-corrected chi connectivity index (χ1v) is 12.0. The highest BCUT2D eigenvalue weighted by Crippen LogP contribution is 2.30. The van der Waals surface area contributed by atoms with E-state index in [1.807, 2.05) is 42.5 Å². The molecule has 1 N–H and O–H groups in total. The van der Waals surface area contributed by atoms with Crippen molar-refractivity contribution in [1.82, 2.24) is 25.3 Å². The Labute approximate surface area is 207 Å². The van der Waals surface area contributed by atoms with Crippen molar-refractivity contribution in [2.45, 2.75) is 25.6 Å². The van der Waals surface area contributed by atoms with Gasteiger partial charge in [0.1, 0.15) is 27.9 Å². The molecule has 5 aromatic rings. The molecule has 8 heteroatoms. The Kier molecular flexibility index (Phi) is 6.99. The molecule has 0 aliphatic carbocycles. The second-order valence-corrected chi connectivity index (χ2v) is 8.91. The molecule has 0 aliphatic rings. The standard InChI is InChI=1S/C27H22N6OS/c28-15-22(25-32-24-7-4-13-30-26(24)35-25)23-12-14-31-27(33-23)34-18-21-10-8-20(9-11-21)17-29-16-19-5-2-1-3-6-19/h1-14,22,29H,16-18H2. The van der Waals surface area contributed by atoms with Gasteiger partial charge in [0.2, 0.25) is 0 Å². The maximum Gasteiger partial charge on any atom is 0.316 e. The van der Waals surface area contributed by atoms with Crippen LogP contribution < -0.4 is 10.1 Å². The van der Waals surface area contributed by atoms with Crippen LogP contribution in [0.15, 0.2) is 85.2 Å². The highest BCUT2D eigenvalue weighted by atomic mass is 32.1. The molecule has 1 atom stereocenters. The summed E-state index contributed by atoms with van der Waals surface area (Å²) < 4.78 is 5.82. The number of hydrogen-bond acceptors (Lipinski definition) is 8. The van der Waals surface area contributed by atoms with Gasteiger partial charge in [-0.15, -0.1) is 0 Å². The Morgan fingerprint density at radius 1 is 0.829 bits per heavy atom. The van der Waals surface area contributed by atoms with Gasteiger partial charge in [0.25, 0.3) is 0 Å². The third-order valence-electron chi connectivity index (χ3n) is 5.40. The summed E-state index contributed by atoms with van der Waals surface area (Å²) in [6, 6.07) is 26.5. The summed E-state index contributed by atoms with van der Waals surface area (Å²) in [6.07, 6.45) is 3.32. The summed E-state index contributed by atoms with van der Waals surface area (Å²) in [5.74, 6) is -0.609. The van der Waals surface area contributed by atoms with Gasteiger partial charge in [-0.05, 0) is 34.9 Å². The van der Waals surface area contributed by atoms with E-state index in [4.69, 9.17) is 4.74 Å². The van der Waals surface area contributed by atoms with E-state index in [0.29, 0.717) is 17.3 Å². The lowest BCUT2D eigenvalue weighted by atomic mass is 10.1. The Bertz CT molecular complexity index is 1410. The van der Waals surface area contributed by atoms with Gasteiger partial charge in [-0.3, -0.25) is 0 Å². The fourth-order valence-electron chi connectivity index (χ4n) is 3.59. The Balaban J connectivity index is 1.19. The number of nitrogens with one attached hydrogen (secondary N) is 1. The van der Waals surface area contributed by atoms with Crippen molar-refractivity contribution in [3.05, 3.63) is 113 Å². The van der Waals surface area contributed by atoms with Gasteiger partial charge in [0.05, 0.1) is 11.8 Å². The molecule has 0 radical (unpaired) electrons. The topological polar surface area (TPSA) is 96.6 Å². The van der Waals surface area contributed by atoms with Crippen LogP contribution in [-0.2, 0) is 19.7 Å². The Morgan fingerprint density at radius 2 is 1.60 bits per heavy atom. The number of pyridine rings is 1. The van der Waals surface area contributed by atoms with Gasteiger partial charge in [0.15, 0.2) is 0 Å². The van der Waals surface area contributed by atoms with Crippen molar-refractivity contribution in [2.75, 3.05) is 0 Å². The van der Waals surface area contributed by atoms with E-state index in [2.05, 4.69) is 55.6 Å². The van der Waals surface area contributed by atoms with E-state index in [1.165, 1.54) is 22.5 Å². The molecule has 0 spiro atoms. The van der Waals surface area contributed by atoms with E-state index < -0.39 is 5.92 Å². The Hall–Kier alpha value is -4.19. The summed E-state index contributed by atoms with van der Waals surface area (Å²) in [5, 5.41) is 13.9. The lowest BCUT2D eigenvalue weighted by Crippen LogP contribution is -2.12. The van der Waals surface area contributed by atoms with E-state index in [1.54, 1.807) is 18.5 Å². The molecule has 0 fully saturated rings. The lowest BCUT2D eigenvalue weighted by molar-refractivity contribution is 0.279. The highest BCUT2D eigenvalue weighted by molar-refractivity contribution is 7.18. The molecular weight excluding hydrogens is 456 g/mol. The van der Waals surface area contributed by atoms with Crippen molar-refractivity contribution in [3.63, 3.8) is 0 Å². The zero-order valence-corrected chi connectivity index (χ0v) is 19.7. The molecule has 1 unspecified atom stereocenters. The first kappa shape index (κ1) is 22.6. The molecule has 0 saturated heterocycles. The summed E-state index contributed by atoms with van der Waals surface area (Å²) in [4.78, 5) is 18.4. The quantitative estimate of drug-likeness (QED) is 0.318. The van der Waals surface area contributed by atoms with Crippen LogP contribution >= 0.6 is 11.3 Å². The van der Waals surface area contributed by atoms with Crippen molar-refractivity contribution < 1.29 is 4.74 Å². The monoisotopic (exact) mass is 478 g/mol. The summed E-state index contributed by atoms with van der Waals surface area (Å²) >= 11 is 1.40. The number of rotatable bonds is 9. The second kappa shape index (κ2) is 10.8. The van der Waals surface area contributed by atoms with Crippen LogP contribution in [0.3, 0.4) is 0 Å². The molecule has 172 valence electrons. The van der Waals surface area contributed by atoms with Crippen LogP contribution in [0.25, 0.3) is 10.3 Å². The van der Waals surface area contributed by atoms with E-state index in [9.17, 15) is 5.26 Å². The fourth-order valence-corrected chi connectivity index (χ4v) is 4.56. The minimum Gasteiger partial charge on any atom is -0.459 e. The largest absolute Gasteiger partial charge is 0.459 e. The summed E-state index contributed by atoms with van der Waals surface area (Å²) in [7, 11) is 0. The third-order valence-corrected chi connectivity index (χ3v) is 6.45. The van der Waals surface area contributed by atoms with Crippen molar-refractivity contribution in [3.8, 4) is 12.1 Å². The van der Waals surface area contributed by atoms with Gasteiger partial charge in [-0.2, -0.15) is 10.2 Å². The maximum absolute atomic E-state index is 9.80. The predicted molar refractivity (Wildman–Crippen MR) is 135 cm³/mol. The van der Waals surface area contributed by atoms with Crippen LogP contribution in [0.2, 0.25) is 0 Å². The zero-order valence-electron chi connectivity index (χ0n) is 18.8. The number of hydrogen-bond donors (Lipinski definition) is 1. The smallest absolute Gasteiger partial charge is 0.316 e. The first-order chi connectivity index (χ1) is 17.3. The fraction of sp³-hybridized carbons (Fsp3) is 0.148. The Morgan fingerprint density at radius 3 is 2.37 bits per heavy atom. The van der Waals surface area contributed by atoms with Crippen LogP contribution in [0.5, 0.6) is 6.01 Å². The number of aromatic nitrogens is 4. The van der Waals surface area contributed by atoms with Crippen LogP contribution in [0.4, 0.5) is 0 Å². The molecule has 2 aromatic carbocycles. The maximum atomic E-state index is 9.80. The molecule has 5 rings (SSSR count). The predicted octanol–water partition coefficient (Wildman–Crippen LogP) is 5.01. The van der Waals surface area contributed by atoms with E-state index in [0.717, 1.165) is 29.0 Å². The second-order valence-electron chi connectivity index (χ2n) is 7.90. The molecule has 7 nitrogen and oxygen atoms in total. The molecule has 0 amide bonds. The zero-order chi connectivity index (χ0) is 23.9. The summed E-state index contributed by atoms with van der Waals surface area (Å²) in [5.41, 5.74) is 4.80. The molecular formula is C27H22N6OS. The molecule has 3 heterocycles. The number of thiazole rings is 1. The molecule has 0 aliphatic heterocycles. The van der Waals surface area contributed by atoms with Gasteiger partial charge in [-0.1, -0.05) is 65.9 Å². The van der Waals surface area contributed by atoms with Gasteiger partial charge >= 0.3 is 6.01 Å². The SMILES string of the molecule is N#CC(c1ccnc(OCc2ccc(CNCc3ccccc3)cc2)n1)c1nc2cccnc2s1. The van der Waals surface area contributed by atoms with Crippen LogP contribution in [-0.4, -0.2) is 19.9 Å². The minimum atomic E-state index is -0.609. The van der Waals surface area contributed by atoms with Gasteiger partial charge in [-0.25, -0.2) is 15.0 Å². The van der Waals surface area contributed by atoms with E-state index in [-0.39, 0.29) is 6.01 Å². The van der Waals surface area contributed by atoms with Crippen LogP contribution in [0, 0.1) is 11.3 Å². The molecule has 0 bridgehead atoms. The van der Waals surface area contributed by atoms with Crippen LogP contribution in [0.1, 0.15) is 33.3 Å². The summed E-state index contributed by atoms with van der Waals surface area (Å²) in [6.45, 7) is 1.96. The third kappa shape index (κ3) is 5.66. The molecule has 0 saturated carbocycles. The molecule has 3 aromatic heterocycles. The normalized spacial score (nSPS) is 11.7. The average molecular weight is 479 g/mol. The van der Waals surface area contributed by atoms with Gasteiger partial charge < -0.3 is 10.1 Å². The van der Waals surface area contributed by atoms with Crippen molar-refractivity contribution in [1.29, 1.82) is 5.26 Å². The van der Waals surface area contributed by atoms with Gasteiger partial charge in [0, 0.05) is 25.5 Å². The number of ether oxygens (including phenoxy) is 1. The highest BCUT2D eigenvalue weighted by Gasteiger charge is 2.21. The van der Waals surface area contributed by atoms with E-state index >= 15 is 0 Å². The van der Waals surface area contributed by atoms with Crippen molar-refractivity contribution in [2.24, 2.45) is 0 Å². The number of nitrogens with zero attached hydrogens (tertiary/aromatic N) is 5. The minimum absolute atomic E-state index is 0.232. The number of fused-ring (bicyclic) bond motifs is 1. The average Bonchev–Trinajstić information content (AvgIpc) is 3.33. The number of benzene rings is 2. The lowest BCUT2D eigenvalue weighted by Gasteiger charge is -2.09. The first-order valence-electron chi connectivity index (χ1n) is 11.2. The van der Waals surface area contributed by atoms with Crippen molar-refractivity contribution >= 4 is 21.7 Å².